The van der Waals surface area contributed by atoms with E-state index in [1.54, 1.807) is 50.2 Å². The molecule has 0 fully saturated rings. The Bertz CT molecular complexity index is 1320. The van der Waals surface area contributed by atoms with Crippen molar-refractivity contribution >= 4 is 21.9 Å². The van der Waals surface area contributed by atoms with Crippen molar-refractivity contribution in [2.75, 3.05) is 13.9 Å². The van der Waals surface area contributed by atoms with Gasteiger partial charge in [-0.05, 0) is 50.2 Å². The van der Waals surface area contributed by atoms with Crippen molar-refractivity contribution in [2.24, 2.45) is 0 Å². The molecule has 0 saturated carbocycles. The molecule has 29 heavy (non-hydrogen) atoms. The molecule has 1 aliphatic rings. The second-order valence-electron chi connectivity index (χ2n) is 7.39. The highest BCUT2D eigenvalue weighted by Gasteiger charge is 2.25. The van der Waals surface area contributed by atoms with Crippen molar-refractivity contribution in [1.82, 2.24) is 0 Å². The lowest BCUT2D eigenvalue weighted by Gasteiger charge is -2.12. The van der Waals surface area contributed by atoms with Crippen LogP contribution in [0.2, 0.25) is 0 Å². The second kappa shape index (κ2) is 6.02. The Hall–Kier alpha value is -3.45. The van der Waals surface area contributed by atoms with E-state index in [0.717, 1.165) is 0 Å². The van der Waals surface area contributed by atoms with Crippen molar-refractivity contribution in [3.8, 4) is 28.6 Å². The Balaban J connectivity index is 1.82. The molecule has 0 aliphatic carbocycles. The molecule has 0 spiro atoms. The molecule has 5 rings (SSSR count). The zero-order chi connectivity index (χ0) is 20.3. The van der Waals surface area contributed by atoms with Gasteiger partial charge in [0.25, 0.3) is 0 Å². The quantitative estimate of drug-likeness (QED) is 0.558. The molecule has 0 amide bonds. The largest absolute Gasteiger partial charge is 0.490 e. The number of ether oxygens (including phenoxy) is 3. The summed E-state index contributed by atoms with van der Waals surface area (Å²) in [6.07, 6.45) is 0. The molecule has 4 aromatic rings. The summed E-state index contributed by atoms with van der Waals surface area (Å²) in [7, 11) is 1.43. The van der Waals surface area contributed by atoms with Gasteiger partial charge in [0.1, 0.15) is 22.5 Å². The van der Waals surface area contributed by atoms with E-state index in [4.69, 9.17) is 23.0 Å². The molecule has 2 aromatic carbocycles. The van der Waals surface area contributed by atoms with E-state index in [2.05, 4.69) is 0 Å². The number of methoxy groups -OCH3 is 1. The number of aliphatic hydroxyl groups is 1. The molecule has 7 nitrogen and oxygen atoms in total. The van der Waals surface area contributed by atoms with E-state index in [-0.39, 0.29) is 23.7 Å². The van der Waals surface area contributed by atoms with E-state index in [9.17, 15) is 9.90 Å². The third-order valence-corrected chi connectivity index (χ3v) is 4.95. The molecule has 0 radical (unpaired) electrons. The average Bonchev–Trinajstić information content (AvgIpc) is 3.33. The van der Waals surface area contributed by atoms with Gasteiger partial charge in [0.15, 0.2) is 17.3 Å². The SMILES string of the molecule is COc1c(-c2ccc3c(c2)OCO3)oc2c(ccc3oc(C(C)(C)O)cc32)c1=O. The third-order valence-electron chi connectivity index (χ3n) is 4.95. The Kier molecular flexibility index (Phi) is 3.66. The minimum atomic E-state index is -1.17. The van der Waals surface area contributed by atoms with Gasteiger partial charge in [-0.25, -0.2) is 0 Å². The summed E-state index contributed by atoms with van der Waals surface area (Å²) >= 11 is 0. The third kappa shape index (κ3) is 2.66. The van der Waals surface area contributed by atoms with Crippen LogP contribution in [-0.2, 0) is 5.60 Å². The molecule has 148 valence electrons. The molecule has 2 aromatic heterocycles. The first kappa shape index (κ1) is 17.6. The van der Waals surface area contributed by atoms with Gasteiger partial charge in [-0.1, -0.05) is 0 Å². The Labute approximate surface area is 165 Å². The topological polar surface area (TPSA) is 91.3 Å². The molecule has 1 N–H and O–H groups in total. The lowest BCUT2D eigenvalue weighted by molar-refractivity contribution is 0.0559. The van der Waals surface area contributed by atoms with Crippen LogP contribution in [0.1, 0.15) is 19.6 Å². The Morgan fingerprint density at radius 3 is 2.55 bits per heavy atom. The van der Waals surface area contributed by atoms with Gasteiger partial charge >= 0.3 is 0 Å². The Morgan fingerprint density at radius 1 is 1.00 bits per heavy atom. The molecular formula is C22H18O7. The van der Waals surface area contributed by atoms with Gasteiger partial charge in [-0.2, -0.15) is 0 Å². The van der Waals surface area contributed by atoms with Crippen molar-refractivity contribution in [1.29, 1.82) is 0 Å². The van der Waals surface area contributed by atoms with Crippen LogP contribution >= 0.6 is 0 Å². The first-order chi connectivity index (χ1) is 13.9. The van der Waals surface area contributed by atoms with E-state index < -0.39 is 5.60 Å². The molecule has 0 saturated heterocycles. The van der Waals surface area contributed by atoms with Crippen LogP contribution in [-0.4, -0.2) is 19.0 Å². The fourth-order valence-electron chi connectivity index (χ4n) is 3.46. The van der Waals surface area contributed by atoms with Crippen LogP contribution in [0.25, 0.3) is 33.3 Å². The predicted octanol–water partition coefficient (Wildman–Crippen LogP) is 4.17. The zero-order valence-electron chi connectivity index (χ0n) is 16.1. The molecule has 1 aliphatic heterocycles. The fraction of sp³-hybridized carbons (Fsp3) is 0.227. The minimum Gasteiger partial charge on any atom is -0.490 e. The summed E-state index contributed by atoms with van der Waals surface area (Å²) in [6.45, 7) is 3.40. The van der Waals surface area contributed by atoms with E-state index in [1.165, 1.54) is 7.11 Å². The molecule has 0 bridgehead atoms. The van der Waals surface area contributed by atoms with E-state index >= 15 is 0 Å². The Morgan fingerprint density at radius 2 is 1.79 bits per heavy atom. The number of fused-ring (bicyclic) bond motifs is 4. The van der Waals surface area contributed by atoms with Crippen molar-refractivity contribution in [3.63, 3.8) is 0 Å². The fourth-order valence-corrected chi connectivity index (χ4v) is 3.46. The lowest BCUT2D eigenvalue weighted by atomic mass is 10.1. The maximum absolute atomic E-state index is 13.1. The van der Waals surface area contributed by atoms with Crippen LogP contribution in [0.3, 0.4) is 0 Å². The van der Waals surface area contributed by atoms with Crippen LogP contribution < -0.4 is 19.6 Å². The monoisotopic (exact) mass is 394 g/mol. The first-order valence-corrected chi connectivity index (χ1v) is 9.07. The smallest absolute Gasteiger partial charge is 0.235 e. The standard InChI is InChI=1S/C22H18O7/c1-22(2,24)17-9-13-14(28-17)7-5-12-18(23)21(25-3)19(29-20(12)13)11-4-6-15-16(8-11)27-10-26-15/h4-9,24H,10H2,1-3H3. The number of benzene rings is 2. The van der Waals surface area contributed by atoms with E-state index in [1.807, 2.05) is 0 Å². The maximum atomic E-state index is 13.1. The number of rotatable bonds is 3. The summed E-state index contributed by atoms with van der Waals surface area (Å²) in [6, 6.07) is 10.3. The van der Waals surface area contributed by atoms with Crippen molar-refractivity contribution in [3.05, 3.63) is 52.4 Å². The molecule has 3 heterocycles. The second-order valence-corrected chi connectivity index (χ2v) is 7.39. The number of hydrogen-bond acceptors (Lipinski definition) is 7. The summed E-state index contributed by atoms with van der Waals surface area (Å²) in [5.41, 5.74) is 0.0283. The van der Waals surface area contributed by atoms with Crippen LogP contribution in [0.5, 0.6) is 17.2 Å². The maximum Gasteiger partial charge on any atom is 0.235 e. The van der Waals surface area contributed by atoms with Crippen molar-refractivity contribution in [2.45, 2.75) is 19.4 Å². The molecule has 0 unspecified atom stereocenters. The zero-order valence-corrected chi connectivity index (χ0v) is 16.1. The summed E-state index contributed by atoms with van der Waals surface area (Å²) in [5, 5.41) is 11.3. The van der Waals surface area contributed by atoms with Crippen LogP contribution in [0.4, 0.5) is 0 Å². The highest BCUT2D eigenvalue weighted by atomic mass is 16.7. The van der Waals surface area contributed by atoms with Crippen LogP contribution in [0, 0.1) is 0 Å². The van der Waals surface area contributed by atoms with Gasteiger partial charge in [0, 0.05) is 5.56 Å². The van der Waals surface area contributed by atoms with Gasteiger partial charge < -0.3 is 28.2 Å². The van der Waals surface area contributed by atoms with Gasteiger partial charge in [-0.15, -0.1) is 0 Å². The van der Waals surface area contributed by atoms with Crippen LogP contribution in [0.15, 0.2) is 50.0 Å². The first-order valence-electron chi connectivity index (χ1n) is 9.07. The summed E-state index contributed by atoms with van der Waals surface area (Å²) < 4.78 is 28.1. The lowest BCUT2D eigenvalue weighted by Crippen LogP contribution is -2.13. The highest BCUT2D eigenvalue weighted by molar-refractivity contribution is 6.03. The summed E-state index contributed by atoms with van der Waals surface area (Å²) in [5.74, 6) is 1.95. The predicted molar refractivity (Wildman–Crippen MR) is 106 cm³/mol. The van der Waals surface area contributed by atoms with Crippen molar-refractivity contribution < 1.29 is 28.2 Å². The van der Waals surface area contributed by atoms with Gasteiger partial charge in [0.2, 0.25) is 18.0 Å². The number of hydrogen-bond donors (Lipinski definition) is 1. The minimum absolute atomic E-state index is 0.0990. The van der Waals surface area contributed by atoms with E-state index in [0.29, 0.717) is 44.8 Å². The molecule has 0 atom stereocenters. The van der Waals surface area contributed by atoms with Gasteiger partial charge in [-0.3, -0.25) is 4.79 Å². The average molecular weight is 394 g/mol. The summed E-state index contributed by atoms with van der Waals surface area (Å²) in [4.78, 5) is 13.1. The van der Waals surface area contributed by atoms with Gasteiger partial charge in [0.05, 0.1) is 17.9 Å². The molecule has 7 heteroatoms. The number of furan rings is 1. The molecular weight excluding hydrogens is 376 g/mol. The normalized spacial score (nSPS) is 13.4. The highest BCUT2D eigenvalue weighted by Crippen LogP contribution is 2.40.